The van der Waals surface area contributed by atoms with E-state index in [0.717, 1.165) is 32.1 Å². The van der Waals surface area contributed by atoms with Crippen molar-refractivity contribution in [3.05, 3.63) is 88.9 Å². The lowest BCUT2D eigenvalue weighted by atomic mass is 10.1. The highest BCUT2D eigenvalue weighted by atomic mass is 79.9. The molecule has 0 radical (unpaired) electrons. The van der Waals surface area contributed by atoms with Gasteiger partial charge in [0.15, 0.2) is 5.44 Å². The van der Waals surface area contributed by atoms with Crippen molar-refractivity contribution >= 4 is 39.1 Å². The van der Waals surface area contributed by atoms with Crippen molar-refractivity contribution in [3.63, 3.8) is 0 Å². The summed E-state index contributed by atoms with van der Waals surface area (Å²) >= 11 is 5.16. The van der Waals surface area contributed by atoms with Crippen LogP contribution < -0.4 is 4.74 Å². The molecular formula is C20H14BrNOS. The molecule has 1 aliphatic rings. The number of thioether (sulfide) groups is 1. The first-order valence-corrected chi connectivity index (χ1v) is 9.29. The minimum atomic E-state index is -0.177. The number of hydrogen-bond acceptors (Lipinski definition) is 3. The van der Waals surface area contributed by atoms with E-state index in [2.05, 4.69) is 40.2 Å². The second-order valence-corrected chi connectivity index (χ2v) is 7.40. The average Bonchev–Trinajstić information content (AvgIpc) is 2.63. The van der Waals surface area contributed by atoms with E-state index in [1.54, 1.807) is 11.8 Å². The Morgan fingerprint density at radius 2 is 1.54 bits per heavy atom. The van der Waals surface area contributed by atoms with E-state index < -0.39 is 0 Å². The van der Waals surface area contributed by atoms with E-state index in [1.807, 2.05) is 54.6 Å². The van der Waals surface area contributed by atoms with Crippen molar-refractivity contribution in [2.45, 2.75) is 10.3 Å². The second kappa shape index (κ2) is 6.83. The molecule has 118 valence electrons. The SMILES string of the molecule is Brc1ccc(C2=Nc3ccccc3OC2Sc2ccccc2)cc1. The number of fused-ring (bicyclic) bond motifs is 1. The molecule has 2 nitrogen and oxygen atoms in total. The maximum atomic E-state index is 6.25. The van der Waals surface area contributed by atoms with Crippen molar-refractivity contribution in [1.82, 2.24) is 0 Å². The van der Waals surface area contributed by atoms with E-state index in [4.69, 9.17) is 9.73 Å². The fourth-order valence-corrected chi connectivity index (χ4v) is 3.80. The van der Waals surface area contributed by atoms with E-state index >= 15 is 0 Å². The van der Waals surface area contributed by atoms with Gasteiger partial charge in [-0.1, -0.05) is 70.2 Å². The highest BCUT2D eigenvalue weighted by Crippen LogP contribution is 2.38. The number of aliphatic imine (C=N–C) groups is 1. The molecule has 1 unspecified atom stereocenters. The van der Waals surface area contributed by atoms with Gasteiger partial charge in [-0.2, -0.15) is 0 Å². The monoisotopic (exact) mass is 395 g/mol. The Hall–Kier alpha value is -2.04. The van der Waals surface area contributed by atoms with Crippen LogP contribution in [0.2, 0.25) is 0 Å². The number of benzene rings is 3. The third kappa shape index (κ3) is 3.25. The summed E-state index contributed by atoms with van der Waals surface area (Å²) in [6, 6.07) is 26.4. The van der Waals surface area contributed by atoms with Crippen LogP contribution >= 0.6 is 27.7 Å². The first-order valence-electron chi connectivity index (χ1n) is 7.61. The average molecular weight is 396 g/mol. The van der Waals surface area contributed by atoms with Gasteiger partial charge in [0, 0.05) is 14.9 Å². The van der Waals surface area contributed by atoms with Gasteiger partial charge < -0.3 is 4.74 Å². The number of ether oxygens (including phenoxy) is 1. The minimum Gasteiger partial charge on any atom is -0.471 e. The third-order valence-electron chi connectivity index (χ3n) is 3.69. The summed E-state index contributed by atoms with van der Waals surface area (Å²) in [5, 5.41) is 0. The standard InChI is InChI=1S/C20H14BrNOS/c21-15-12-10-14(11-13-15)19-20(24-16-6-2-1-3-7-16)23-18-9-5-4-8-17(18)22-19/h1-13,20H. The van der Waals surface area contributed by atoms with Crippen LogP contribution in [0, 0.1) is 0 Å². The van der Waals surface area contributed by atoms with Gasteiger partial charge in [0.1, 0.15) is 11.4 Å². The Morgan fingerprint density at radius 1 is 0.833 bits per heavy atom. The first kappa shape index (κ1) is 15.5. The molecule has 0 aromatic heterocycles. The van der Waals surface area contributed by atoms with Gasteiger partial charge in [-0.15, -0.1) is 0 Å². The van der Waals surface area contributed by atoms with Gasteiger partial charge in [0.05, 0.1) is 5.71 Å². The lowest BCUT2D eigenvalue weighted by molar-refractivity contribution is 0.344. The van der Waals surface area contributed by atoms with Gasteiger partial charge in [-0.25, -0.2) is 4.99 Å². The molecule has 0 amide bonds. The molecule has 0 saturated heterocycles. The fourth-order valence-electron chi connectivity index (χ4n) is 2.53. The normalized spacial score (nSPS) is 16.0. The smallest absolute Gasteiger partial charge is 0.191 e. The number of halogens is 1. The van der Waals surface area contributed by atoms with Crippen LogP contribution in [0.15, 0.2) is 93.2 Å². The predicted molar refractivity (Wildman–Crippen MR) is 103 cm³/mol. The zero-order valence-corrected chi connectivity index (χ0v) is 15.1. The van der Waals surface area contributed by atoms with Crippen LogP contribution in [-0.2, 0) is 0 Å². The number of rotatable bonds is 3. The zero-order valence-electron chi connectivity index (χ0n) is 12.7. The van der Waals surface area contributed by atoms with Crippen molar-refractivity contribution < 1.29 is 4.74 Å². The minimum absolute atomic E-state index is 0.177. The van der Waals surface area contributed by atoms with Crippen molar-refractivity contribution in [2.75, 3.05) is 0 Å². The molecule has 0 saturated carbocycles. The highest BCUT2D eigenvalue weighted by molar-refractivity contribution is 9.10. The second-order valence-electron chi connectivity index (χ2n) is 5.35. The number of hydrogen-bond donors (Lipinski definition) is 0. The van der Waals surface area contributed by atoms with Crippen molar-refractivity contribution in [2.24, 2.45) is 4.99 Å². The van der Waals surface area contributed by atoms with Crippen LogP contribution in [0.3, 0.4) is 0 Å². The van der Waals surface area contributed by atoms with E-state index in [0.29, 0.717) is 0 Å². The molecule has 0 fully saturated rings. The molecule has 0 spiro atoms. The van der Waals surface area contributed by atoms with Gasteiger partial charge in [-0.05, 0) is 36.4 Å². The summed E-state index contributed by atoms with van der Waals surface area (Å²) in [4.78, 5) is 6.04. The molecule has 3 aromatic rings. The summed E-state index contributed by atoms with van der Waals surface area (Å²) in [7, 11) is 0. The number of nitrogens with zero attached hydrogens (tertiary/aromatic N) is 1. The van der Waals surface area contributed by atoms with Crippen molar-refractivity contribution in [1.29, 1.82) is 0 Å². The van der Waals surface area contributed by atoms with E-state index in [-0.39, 0.29) is 5.44 Å². The van der Waals surface area contributed by atoms with Gasteiger partial charge in [-0.3, -0.25) is 0 Å². The Bertz CT molecular complexity index is 878. The molecule has 3 aromatic carbocycles. The molecule has 1 aliphatic heterocycles. The lowest BCUT2D eigenvalue weighted by Crippen LogP contribution is -2.27. The Balaban J connectivity index is 1.75. The lowest BCUT2D eigenvalue weighted by Gasteiger charge is -2.26. The maximum Gasteiger partial charge on any atom is 0.191 e. The highest BCUT2D eigenvalue weighted by Gasteiger charge is 2.26. The van der Waals surface area contributed by atoms with Crippen LogP contribution in [0.4, 0.5) is 5.69 Å². The first-order chi connectivity index (χ1) is 11.8. The quantitative estimate of drug-likeness (QED) is 0.535. The molecule has 0 bridgehead atoms. The summed E-state index contributed by atoms with van der Waals surface area (Å²) in [5.74, 6) is 0.826. The Morgan fingerprint density at radius 3 is 2.33 bits per heavy atom. The van der Waals surface area contributed by atoms with Gasteiger partial charge in [0.25, 0.3) is 0 Å². The van der Waals surface area contributed by atoms with Crippen LogP contribution in [0.1, 0.15) is 5.56 Å². The molecule has 4 rings (SSSR count). The molecule has 4 heteroatoms. The number of para-hydroxylation sites is 2. The summed E-state index contributed by atoms with van der Waals surface area (Å²) in [6.45, 7) is 0. The summed E-state index contributed by atoms with van der Waals surface area (Å²) in [6.07, 6.45) is 0. The van der Waals surface area contributed by atoms with E-state index in [1.165, 1.54) is 0 Å². The fraction of sp³-hybridized carbons (Fsp3) is 0.0500. The molecule has 0 aliphatic carbocycles. The molecule has 1 heterocycles. The van der Waals surface area contributed by atoms with Crippen LogP contribution in [0.25, 0.3) is 0 Å². The van der Waals surface area contributed by atoms with Gasteiger partial charge in [0.2, 0.25) is 0 Å². The van der Waals surface area contributed by atoms with Crippen LogP contribution in [0.5, 0.6) is 5.75 Å². The molecule has 1 atom stereocenters. The largest absolute Gasteiger partial charge is 0.471 e. The summed E-state index contributed by atoms with van der Waals surface area (Å²) in [5.41, 5.74) is 2.71. The Labute approximate surface area is 153 Å². The predicted octanol–water partition coefficient (Wildman–Crippen LogP) is 6.08. The van der Waals surface area contributed by atoms with E-state index in [9.17, 15) is 0 Å². The van der Waals surface area contributed by atoms with Gasteiger partial charge >= 0.3 is 0 Å². The van der Waals surface area contributed by atoms with Crippen LogP contribution in [-0.4, -0.2) is 11.1 Å². The Kier molecular flexibility index (Phi) is 4.41. The van der Waals surface area contributed by atoms with Crippen molar-refractivity contribution in [3.8, 4) is 5.75 Å². The summed E-state index contributed by atoms with van der Waals surface area (Å²) < 4.78 is 7.31. The molecular weight excluding hydrogens is 382 g/mol. The molecule has 0 N–H and O–H groups in total. The third-order valence-corrected chi connectivity index (χ3v) is 5.30. The zero-order chi connectivity index (χ0) is 16.4. The topological polar surface area (TPSA) is 21.6 Å². The maximum absolute atomic E-state index is 6.25. The molecule has 24 heavy (non-hydrogen) atoms.